The lowest BCUT2D eigenvalue weighted by molar-refractivity contribution is -0.136. The highest BCUT2D eigenvalue weighted by Crippen LogP contribution is 2.34. The number of nitrogens with one attached hydrogen (secondary N) is 1. The first-order valence-corrected chi connectivity index (χ1v) is 10.4. The van der Waals surface area contributed by atoms with Crippen molar-refractivity contribution in [2.45, 2.75) is 44.9 Å². The number of hydrogen-bond donors (Lipinski definition) is 2. The molecule has 1 unspecified atom stereocenters. The van der Waals surface area contributed by atoms with E-state index in [1.165, 1.54) is 11.3 Å². The van der Waals surface area contributed by atoms with Crippen LogP contribution in [0.4, 0.5) is 5.69 Å². The standard InChI is InChI=1S/C23H24N4O3/c24-11-14-4-5-15-8-9-26(19(15)10-14)12-16-2-1-3-17-13-27(23(30)21(16)17)18-6-7-20(28)25-22(18)29/h1-5,10,18H,6-9,11-13,24H2,(H,25,28,29). The minimum atomic E-state index is -0.588. The van der Waals surface area contributed by atoms with Gasteiger partial charge in [-0.25, -0.2) is 0 Å². The normalized spacial score (nSPS) is 20.4. The number of amides is 3. The van der Waals surface area contributed by atoms with Gasteiger partial charge in [-0.05, 0) is 41.2 Å². The molecule has 0 bridgehead atoms. The summed E-state index contributed by atoms with van der Waals surface area (Å²) < 4.78 is 0. The number of piperidine rings is 1. The molecule has 1 saturated heterocycles. The number of nitrogens with zero attached hydrogens (tertiary/aromatic N) is 2. The smallest absolute Gasteiger partial charge is 0.255 e. The average molecular weight is 404 g/mol. The van der Waals surface area contributed by atoms with Crippen LogP contribution in [0, 0.1) is 0 Å². The largest absolute Gasteiger partial charge is 0.367 e. The van der Waals surface area contributed by atoms with E-state index in [1.54, 1.807) is 4.90 Å². The van der Waals surface area contributed by atoms with Gasteiger partial charge < -0.3 is 15.5 Å². The topological polar surface area (TPSA) is 95.7 Å². The van der Waals surface area contributed by atoms with Crippen LogP contribution in [0.15, 0.2) is 36.4 Å². The Bertz CT molecular complexity index is 1060. The number of hydrogen-bond acceptors (Lipinski definition) is 5. The molecular formula is C23H24N4O3. The molecule has 0 radical (unpaired) electrons. The second kappa shape index (κ2) is 7.25. The number of anilines is 1. The van der Waals surface area contributed by atoms with Crippen molar-refractivity contribution in [2.75, 3.05) is 11.4 Å². The van der Waals surface area contributed by atoms with E-state index in [2.05, 4.69) is 28.4 Å². The van der Waals surface area contributed by atoms with Crippen molar-refractivity contribution in [2.24, 2.45) is 5.73 Å². The van der Waals surface area contributed by atoms with E-state index in [0.29, 0.717) is 31.6 Å². The van der Waals surface area contributed by atoms with Crippen LogP contribution in [0.2, 0.25) is 0 Å². The van der Waals surface area contributed by atoms with Gasteiger partial charge in [-0.2, -0.15) is 0 Å². The van der Waals surface area contributed by atoms with Crippen LogP contribution in [-0.4, -0.2) is 35.2 Å². The number of benzene rings is 2. The van der Waals surface area contributed by atoms with Gasteiger partial charge in [-0.3, -0.25) is 19.7 Å². The minimum absolute atomic E-state index is 0.120. The molecular weight excluding hydrogens is 380 g/mol. The zero-order valence-corrected chi connectivity index (χ0v) is 16.7. The first-order chi connectivity index (χ1) is 14.5. The van der Waals surface area contributed by atoms with Gasteiger partial charge in [0.15, 0.2) is 0 Å². The van der Waals surface area contributed by atoms with E-state index in [0.717, 1.165) is 29.7 Å². The van der Waals surface area contributed by atoms with E-state index in [4.69, 9.17) is 5.73 Å². The lowest BCUT2D eigenvalue weighted by Crippen LogP contribution is -2.52. The monoisotopic (exact) mass is 404 g/mol. The van der Waals surface area contributed by atoms with Crippen molar-refractivity contribution in [3.05, 3.63) is 64.2 Å². The molecule has 7 nitrogen and oxygen atoms in total. The fourth-order valence-electron chi connectivity index (χ4n) is 4.81. The Morgan fingerprint density at radius 2 is 1.93 bits per heavy atom. The highest BCUT2D eigenvalue weighted by Gasteiger charge is 2.40. The number of carbonyl (C=O) groups excluding carboxylic acids is 3. The Morgan fingerprint density at radius 3 is 2.73 bits per heavy atom. The van der Waals surface area contributed by atoms with Gasteiger partial charge in [0.2, 0.25) is 11.8 Å². The molecule has 3 N–H and O–H groups in total. The average Bonchev–Trinajstić information content (AvgIpc) is 3.29. The Balaban J connectivity index is 1.41. The first-order valence-electron chi connectivity index (χ1n) is 10.4. The van der Waals surface area contributed by atoms with Crippen LogP contribution < -0.4 is 16.0 Å². The zero-order valence-electron chi connectivity index (χ0n) is 16.7. The molecule has 154 valence electrons. The summed E-state index contributed by atoms with van der Waals surface area (Å²) in [4.78, 5) is 41.0. The summed E-state index contributed by atoms with van der Waals surface area (Å²) in [5.41, 5.74) is 12.0. The number of rotatable bonds is 4. The van der Waals surface area contributed by atoms with E-state index in [-0.39, 0.29) is 24.1 Å². The fraction of sp³-hybridized carbons (Fsp3) is 0.348. The van der Waals surface area contributed by atoms with Crippen LogP contribution in [0.25, 0.3) is 0 Å². The second-order valence-corrected chi connectivity index (χ2v) is 8.19. The van der Waals surface area contributed by atoms with Crippen molar-refractivity contribution >= 4 is 23.4 Å². The third-order valence-corrected chi connectivity index (χ3v) is 6.38. The van der Waals surface area contributed by atoms with Crippen molar-refractivity contribution < 1.29 is 14.4 Å². The maximum atomic E-state index is 13.3. The molecule has 2 aromatic carbocycles. The molecule has 3 aliphatic heterocycles. The number of fused-ring (bicyclic) bond motifs is 2. The van der Waals surface area contributed by atoms with Crippen molar-refractivity contribution in [3.8, 4) is 0 Å². The quantitative estimate of drug-likeness (QED) is 0.753. The van der Waals surface area contributed by atoms with Gasteiger partial charge in [-0.15, -0.1) is 0 Å². The van der Waals surface area contributed by atoms with Gasteiger partial charge >= 0.3 is 0 Å². The van der Waals surface area contributed by atoms with E-state index in [1.807, 2.05) is 18.2 Å². The lowest BCUT2D eigenvalue weighted by Gasteiger charge is -2.29. The second-order valence-electron chi connectivity index (χ2n) is 8.19. The Kier molecular flexibility index (Phi) is 4.55. The predicted octanol–water partition coefficient (Wildman–Crippen LogP) is 1.47. The van der Waals surface area contributed by atoms with Gasteiger partial charge in [0.05, 0.1) is 0 Å². The fourth-order valence-corrected chi connectivity index (χ4v) is 4.81. The zero-order chi connectivity index (χ0) is 20.8. The van der Waals surface area contributed by atoms with Crippen LogP contribution >= 0.6 is 0 Å². The molecule has 7 heteroatoms. The van der Waals surface area contributed by atoms with Crippen LogP contribution in [0.1, 0.15) is 45.5 Å². The van der Waals surface area contributed by atoms with Gasteiger partial charge in [0.1, 0.15) is 6.04 Å². The summed E-state index contributed by atoms with van der Waals surface area (Å²) in [6, 6.07) is 11.7. The summed E-state index contributed by atoms with van der Waals surface area (Å²) >= 11 is 0. The van der Waals surface area contributed by atoms with Gasteiger partial charge in [-0.1, -0.05) is 30.3 Å². The lowest BCUT2D eigenvalue weighted by atomic mass is 10.0. The van der Waals surface area contributed by atoms with Crippen molar-refractivity contribution in [3.63, 3.8) is 0 Å². The number of imide groups is 1. The van der Waals surface area contributed by atoms with Gasteiger partial charge in [0.25, 0.3) is 5.91 Å². The van der Waals surface area contributed by atoms with Gasteiger partial charge in [0, 0.05) is 43.9 Å². The highest BCUT2D eigenvalue weighted by atomic mass is 16.2. The Hall–Kier alpha value is -3.19. The van der Waals surface area contributed by atoms with Crippen LogP contribution in [-0.2, 0) is 35.6 Å². The minimum Gasteiger partial charge on any atom is -0.367 e. The summed E-state index contributed by atoms with van der Waals surface area (Å²) in [5.74, 6) is -0.771. The van der Waals surface area contributed by atoms with Crippen molar-refractivity contribution in [1.82, 2.24) is 10.2 Å². The third-order valence-electron chi connectivity index (χ3n) is 6.38. The maximum Gasteiger partial charge on any atom is 0.255 e. The van der Waals surface area contributed by atoms with E-state index < -0.39 is 6.04 Å². The van der Waals surface area contributed by atoms with E-state index in [9.17, 15) is 14.4 Å². The molecule has 0 aliphatic carbocycles. The van der Waals surface area contributed by atoms with Crippen LogP contribution in [0.5, 0.6) is 0 Å². The SMILES string of the molecule is NCc1ccc2c(c1)N(Cc1cccc3c1C(=O)N(C1CCC(=O)NC1=O)C3)CC2. The molecule has 3 heterocycles. The van der Waals surface area contributed by atoms with E-state index >= 15 is 0 Å². The highest BCUT2D eigenvalue weighted by molar-refractivity contribution is 6.06. The maximum absolute atomic E-state index is 13.3. The molecule has 1 atom stereocenters. The third kappa shape index (κ3) is 3.06. The summed E-state index contributed by atoms with van der Waals surface area (Å²) in [6.07, 6.45) is 1.62. The molecule has 0 aromatic heterocycles. The Labute approximate surface area is 174 Å². The van der Waals surface area contributed by atoms with Crippen molar-refractivity contribution in [1.29, 1.82) is 0 Å². The molecule has 5 rings (SSSR count). The summed E-state index contributed by atoms with van der Waals surface area (Å²) in [7, 11) is 0. The Morgan fingerprint density at radius 1 is 1.07 bits per heavy atom. The molecule has 30 heavy (non-hydrogen) atoms. The molecule has 3 aliphatic rings. The van der Waals surface area contributed by atoms with Crippen LogP contribution in [0.3, 0.4) is 0 Å². The number of carbonyl (C=O) groups is 3. The summed E-state index contributed by atoms with van der Waals surface area (Å²) in [5, 5.41) is 2.36. The predicted molar refractivity (Wildman–Crippen MR) is 112 cm³/mol. The molecule has 1 fully saturated rings. The molecule has 0 spiro atoms. The molecule has 2 aromatic rings. The summed E-state index contributed by atoms with van der Waals surface area (Å²) in [6.45, 7) is 2.45. The number of nitrogens with two attached hydrogens (primary N) is 1. The molecule has 0 saturated carbocycles. The molecule has 3 amide bonds. The first kappa shape index (κ1) is 18.8.